The minimum atomic E-state index is 0.124. The topological polar surface area (TPSA) is 37.8 Å². The number of rotatable bonds is 4. The molecule has 3 heteroatoms. The van der Waals surface area contributed by atoms with Crippen LogP contribution in [0, 0.1) is 0 Å². The van der Waals surface area contributed by atoms with Crippen LogP contribution in [0.5, 0.6) is 0 Å². The van der Waals surface area contributed by atoms with E-state index in [4.69, 9.17) is 0 Å². The minimum Gasteiger partial charge on any atom is -0.365 e. The molecule has 1 heterocycles. The number of aromatic nitrogens is 2. The van der Waals surface area contributed by atoms with Gasteiger partial charge in [0.2, 0.25) is 0 Å². The van der Waals surface area contributed by atoms with Gasteiger partial charge in [0.05, 0.1) is 0 Å². The molecule has 3 nitrogen and oxygen atoms in total. The summed E-state index contributed by atoms with van der Waals surface area (Å²) in [6, 6.07) is 0. The van der Waals surface area contributed by atoms with Gasteiger partial charge in [-0.15, -0.1) is 0 Å². The van der Waals surface area contributed by atoms with E-state index in [0.717, 1.165) is 25.1 Å². The third-order valence-electron chi connectivity index (χ3n) is 3.21. The van der Waals surface area contributed by atoms with Gasteiger partial charge in [0.15, 0.2) is 0 Å². The number of anilines is 1. The van der Waals surface area contributed by atoms with E-state index >= 15 is 0 Å². The first-order chi connectivity index (χ1) is 7.62. The van der Waals surface area contributed by atoms with Crippen LogP contribution < -0.4 is 5.32 Å². The average molecular weight is 219 g/mol. The van der Waals surface area contributed by atoms with Crippen molar-refractivity contribution in [1.29, 1.82) is 0 Å². The number of nitrogens with one attached hydrogen (secondary N) is 1. The molecule has 16 heavy (non-hydrogen) atoms. The van der Waals surface area contributed by atoms with E-state index in [2.05, 4.69) is 36.1 Å². The minimum absolute atomic E-state index is 0.124. The molecule has 0 atom stereocenters. The van der Waals surface area contributed by atoms with Gasteiger partial charge in [0, 0.05) is 16.8 Å². The lowest BCUT2D eigenvalue weighted by Gasteiger charge is -2.27. The Morgan fingerprint density at radius 2 is 2.12 bits per heavy atom. The number of nitrogens with zero attached hydrogens (tertiary/aromatic N) is 2. The lowest BCUT2D eigenvalue weighted by molar-refractivity contribution is 0.508. The van der Waals surface area contributed by atoms with Crippen molar-refractivity contribution >= 4 is 5.82 Å². The number of hydrogen-bond acceptors (Lipinski definition) is 3. The maximum Gasteiger partial charge on any atom is 0.133 e. The van der Waals surface area contributed by atoms with Gasteiger partial charge in [-0.3, -0.25) is 0 Å². The van der Waals surface area contributed by atoms with Crippen LogP contribution in [0.4, 0.5) is 5.82 Å². The van der Waals surface area contributed by atoms with Crippen LogP contribution in [0.1, 0.15) is 51.3 Å². The van der Waals surface area contributed by atoms with Crippen LogP contribution in [0.2, 0.25) is 0 Å². The first-order valence-corrected chi connectivity index (χ1v) is 6.23. The van der Waals surface area contributed by atoms with E-state index in [1.807, 2.05) is 0 Å². The first-order valence-electron chi connectivity index (χ1n) is 6.23. The Morgan fingerprint density at radius 3 is 2.88 bits per heavy atom. The highest BCUT2D eigenvalue weighted by Gasteiger charge is 2.22. The molecular weight excluding hydrogens is 198 g/mol. The molecule has 0 fully saturated rings. The van der Waals surface area contributed by atoms with Gasteiger partial charge in [-0.1, -0.05) is 13.3 Å². The molecule has 1 aromatic rings. The predicted octanol–water partition coefficient (Wildman–Crippen LogP) is 2.96. The van der Waals surface area contributed by atoms with Crippen molar-refractivity contribution in [2.45, 2.75) is 58.4 Å². The molecule has 1 aliphatic rings. The molecule has 0 unspecified atom stereocenters. The van der Waals surface area contributed by atoms with E-state index in [1.54, 1.807) is 6.33 Å². The maximum absolute atomic E-state index is 4.40. The van der Waals surface area contributed by atoms with Gasteiger partial charge < -0.3 is 5.32 Å². The zero-order valence-electron chi connectivity index (χ0n) is 10.5. The number of fused-ring (bicyclic) bond motifs is 1. The molecule has 1 N–H and O–H groups in total. The van der Waals surface area contributed by atoms with E-state index in [9.17, 15) is 0 Å². The standard InChI is InChI=1S/C13H21N3/c1-4-8-13(2,3)16-12-10-6-5-7-11(10)14-9-15-12/h9H,4-8H2,1-3H3,(H,14,15,16). The second kappa shape index (κ2) is 4.40. The Bertz CT molecular complexity index is 371. The summed E-state index contributed by atoms with van der Waals surface area (Å²) in [6.07, 6.45) is 7.49. The van der Waals surface area contributed by atoms with Gasteiger partial charge >= 0.3 is 0 Å². The van der Waals surface area contributed by atoms with E-state index < -0.39 is 0 Å². The van der Waals surface area contributed by atoms with Gasteiger partial charge in [-0.25, -0.2) is 9.97 Å². The van der Waals surface area contributed by atoms with Crippen molar-refractivity contribution < 1.29 is 0 Å². The van der Waals surface area contributed by atoms with Gasteiger partial charge in [0.1, 0.15) is 12.1 Å². The molecule has 0 saturated carbocycles. The molecule has 0 saturated heterocycles. The highest BCUT2D eigenvalue weighted by atomic mass is 15.1. The summed E-state index contributed by atoms with van der Waals surface area (Å²) in [5, 5.41) is 3.57. The van der Waals surface area contributed by atoms with Crippen molar-refractivity contribution in [3.63, 3.8) is 0 Å². The lowest BCUT2D eigenvalue weighted by atomic mass is 9.98. The highest BCUT2D eigenvalue weighted by molar-refractivity contribution is 5.49. The molecule has 1 aromatic heterocycles. The highest BCUT2D eigenvalue weighted by Crippen LogP contribution is 2.28. The van der Waals surface area contributed by atoms with Crippen LogP contribution in [0.3, 0.4) is 0 Å². The molecule has 0 spiro atoms. The molecule has 0 aliphatic heterocycles. The van der Waals surface area contributed by atoms with Gasteiger partial charge in [-0.05, 0) is 39.5 Å². The Morgan fingerprint density at radius 1 is 1.31 bits per heavy atom. The number of aryl methyl sites for hydroxylation is 1. The summed E-state index contributed by atoms with van der Waals surface area (Å²) in [5.41, 5.74) is 2.70. The zero-order valence-corrected chi connectivity index (χ0v) is 10.5. The summed E-state index contributed by atoms with van der Waals surface area (Å²) < 4.78 is 0. The molecule has 1 aliphatic carbocycles. The third-order valence-corrected chi connectivity index (χ3v) is 3.21. The molecule has 2 rings (SSSR count). The molecule has 0 bridgehead atoms. The summed E-state index contributed by atoms with van der Waals surface area (Å²) in [5.74, 6) is 1.06. The largest absolute Gasteiger partial charge is 0.365 e. The number of hydrogen-bond donors (Lipinski definition) is 1. The normalized spacial score (nSPS) is 14.9. The van der Waals surface area contributed by atoms with Crippen molar-refractivity contribution in [1.82, 2.24) is 9.97 Å². The molecule has 0 radical (unpaired) electrons. The van der Waals surface area contributed by atoms with Gasteiger partial charge in [-0.2, -0.15) is 0 Å². The first kappa shape index (κ1) is 11.4. The summed E-state index contributed by atoms with van der Waals surface area (Å²) in [6.45, 7) is 6.69. The van der Waals surface area contributed by atoms with Crippen LogP contribution in [0.25, 0.3) is 0 Å². The molecular formula is C13H21N3. The lowest BCUT2D eigenvalue weighted by Crippen LogP contribution is -2.31. The Balaban J connectivity index is 2.19. The van der Waals surface area contributed by atoms with Crippen molar-refractivity contribution in [2.24, 2.45) is 0 Å². The van der Waals surface area contributed by atoms with Crippen LogP contribution >= 0.6 is 0 Å². The smallest absolute Gasteiger partial charge is 0.133 e. The molecule has 0 amide bonds. The molecule has 0 aromatic carbocycles. The van der Waals surface area contributed by atoms with Crippen molar-refractivity contribution in [3.05, 3.63) is 17.6 Å². The maximum atomic E-state index is 4.40. The molecule has 88 valence electrons. The fourth-order valence-electron chi connectivity index (χ4n) is 2.48. The van der Waals surface area contributed by atoms with E-state index in [0.29, 0.717) is 0 Å². The Hall–Kier alpha value is -1.12. The predicted molar refractivity (Wildman–Crippen MR) is 66.7 cm³/mol. The van der Waals surface area contributed by atoms with Crippen molar-refractivity contribution in [2.75, 3.05) is 5.32 Å². The fraction of sp³-hybridized carbons (Fsp3) is 0.692. The summed E-state index contributed by atoms with van der Waals surface area (Å²) in [7, 11) is 0. The zero-order chi connectivity index (χ0) is 11.6. The Labute approximate surface area is 97.7 Å². The second-order valence-corrected chi connectivity index (χ2v) is 5.26. The van der Waals surface area contributed by atoms with Crippen LogP contribution in [-0.2, 0) is 12.8 Å². The third kappa shape index (κ3) is 2.34. The van der Waals surface area contributed by atoms with Gasteiger partial charge in [0.25, 0.3) is 0 Å². The van der Waals surface area contributed by atoms with Crippen LogP contribution in [-0.4, -0.2) is 15.5 Å². The quantitative estimate of drug-likeness (QED) is 0.846. The average Bonchev–Trinajstić information content (AvgIpc) is 2.65. The van der Waals surface area contributed by atoms with E-state index in [1.165, 1.54) is 24.1 Å². The summed E-state index contributed by atoms with van der Waals surface area (Å²) >= 11 is 0. The fourth-order valence-corrected chi connectivity index (χ4v) is 2.48. The van der Waals surface area contributed by atoms with Crippen molar-refractivity contribution in [3.8, 4) is 0 Å². The van der Waals surface area contributed by atoms with E-state index in [-0.39, 0.29) is 5.54 Å². The van der Waals surface area contributed by atoms with Crippen LogP contribution in [0.15, 0.2) is 6.33 Å². The Kier molecular flexibility index (Phi) is 3.13. The summed E-state index contributed by atoms with van der Waals surface area (Å²) in [4.78, 5) is 8.74. The monoisotopic (exact) mass is 219 g/mol. The second-order valence-electron chi connectivity index (χ2n) is 5.26. The SMILES string of the molecule is CCCC(C)(C)Nc1ncnc2c1CCC2.